The average molecular weight is 434 g/mol. The molecule has 3 aromatic rings. The molecule has 0 fully saturated rings. The number of anilines is 4. The van der Waals surface area contributed by atoms with E-state index in [1.54, 1.807) is 12.1 Å². The Morgan fingerprint density at radius 2 is 2.03 bits per heavy atom. The first-order chi connectivity index (χ1) is 15.0. The molecule has 5 rings (SSSR count). The van der Waals surface area contributed by atoms with E-state index >= 15 is 0 Å². The third kappa shape index (κ3) is 3.23. The number of hydrogen-bond donors (Lipinski definition) is 1. The van der Waals surface area contributed by atoms with E-state index in [0.717, 1.165) is 30.6 Å². The van der Waals surface area contributed by atoms with Crippen molar-refractivity contribution < 1.29 is 8.42 Å². The second kappa shape index (κ2) is 7.39. The van der Waals surface area contributed by atoms with E-state index in [9.17, 15) is 8.42 Å². The summed E-state index contributed by atoms with van der Waals surface area (Å²) in [6, 6.07) is 13.6. The van der Waals surface area contributed by atoms with Crippen LogP contribution in [0.25, 0.3) is 11.3 Å². The molecule has 2 aliphatic heterocycles. The van der Waals surface area contributed by atoms with E-state index in [4.69, 9.17) is 0 Å². The van der Waals surface area contributed by atoms with Gasteiger partial charge in [0.05, 0.1) is 24.1 Å². The van der Waals surface area contributed by atoms with Gasteiger partial charge in [-0.25, -0.2) is 18.4 Å². The fraction of sp³-hybridized carbons (Fsp3) is 0.217. The quantitative estimate of drug-likeness (QED) is 0.628. The zero-order chi connectivity index (χ0) is 21.6. The van der Waals surface area contributed by atoms with Gasteiger partial charge in [0.15, 0.2) is 0 Å². The lowest BCUT2D eigenvalue weighted by Gasteiger charge is -2.30. The van der Waals surface area contributed by atoms with Crippen LogP contribution in [0, 0.1) is 0 Å². The van der Waals surface area contributed by atoms with Crippen LogP contribution in [0.15, 0.2) is 66.2 Å². The van der Waals surface area contributed by atoms with E-state index in [2.05, 4.69) is 45.9 Å². The van der Waals surface area contributed by atoms with Crippen LogP contribution in [-0.4, -0.2) is 38.5 Å². The minimum absolute atomic E-state index is 0.101. The zero-order valence-electron chi connectivity index (χ0n) is 17.2. The van der Waals surface area contributed by atoms with Crippen LogP contribution in [0.5, 0.6) is 0 Å². The highest BCUT2D eigenvalue weighted by atomic mass is 32.2. The van der Waals surface area contributed by atoms with Crippen molar-refractivity contribution in [1.82, 2.24) is 9.97 Å². The summed E-state index contributed by atoms with van der Waals surface area (Å²) in [5.74, 6) is 0.360. The molecule has 0 spiro atoms. The number of sulfonamides is 1. The minimum atomic E-state index is -3.76. The predicted octanol–water partition coefficient (Wildman–Crippen LogP) is 3.96. The van der Waals surface area contributed by atoms with Crippen LogP contribution in [0.2, 0.25) is 0 Å². The van der Waals surface area contributed by atoms with Gasteiger partial charge in [0.2, 0.25) is 5.95 Å². The van der Waals surface area contributed by atoms with Crippen LogP contribution >= 0.6 is 0 Å². The lowest BCUT2D eigenvalue weighted by Crippen LogP contribution is -2.35. The largest absolute Gasteiger partial charge is 0.374 e. The second-order valence-electron chi connectivity index (χ2n) is 7.74. The average Bonchev–Trinajstić information content (AvgIpc) is 2.77. The van der Waals surface area contributed by atoms with E-state index in [0.29, 0.717) is 17.3 Å². The van der Waals surface area contributed by atoms with Crippen LogP contribution in [0.1, 0.15) is 12.0 Å². The van der Waals surface area contributed by atoms with Gasteiger partial charge >= 0.3 is 0 Å². The number of para-hydroxylation sites is 1. The van der Waals surface area contributed by atoms with Crippen LogP contribution < -0.4 is 14.5 Å². The number of fused-ring (bicyclic) bond motifs is 4. The van der Waals surface area contributed by atoms with E-state index in [1.807, 2.05) is 24.3 Å². The fourth-order valence-electron chi connectivity index (χ4n) is 4.23. The van der Waals surface area contributed by atoms with Gasteiger partial charge in [-0.05, 0) is 36.6 Å². The van der Waals surface area contributed by atoms with Crippen molar-refractivity contribution in [3.05, 3.63) is 66.9 Å². The molecule has 0 radical (unpaired) electrons. The summed E-state index contributed by atoms with van der Waals surface area (Å²) in [7, 11) is -1.67. The van der Waals surface area contributed by atoms with Gasteiger partial charge in [-0.15, -0.1) is 6.58 Å². The Hall–Kier alpha value is -3.39. The normalized spacial score (nSPS) is 16.2. The first kappa shape index (κ1) is 19.6. The molecule has 0 saturated carbocycles. The molecule has 0 aliphatic carbocycles. The molecule has 158 valence electrons. The Kier molecular flexibility index (Phi) is 4.66. The minimum Gasteiger partial charge on any atom is -0.374 e. The lowest BCUT2D eigenvalue weighted by molar-refractivity contribution is 0.591. The van der Waals surface area contributed by atoms with Gasteiger partial charge in [0, 0.05) is 30.5 Å². The smallest absolute Gasteiger partial charge is 0.268 e. The van der Waals surface area contributed by atoms with Gasteiger partial charge in [-0.2, -0.15) is 0 Å². The monoisotopic (exact) mass is 433 g/mol. The Balaban J connectivity index is 1.56. The predicted molar refractivity (Wildman–Crippen MR) is 124 cm³/mol. The SMILES string of the molecule is C=CCN1c2ccccc2-c2nc(Nc3ccc4c(c3)N(C)CCC4)ncc2S1(=O)=O. The third-order valence-corrected chi connectivity index (χ3v) is 7.52. The van der Waals surface area contributed by atoms with Gasteiger partial charge in [0.1, 0.15) is 4.90 Å². The summed E-state index contributed by atoms with van der Waals surface area (Å²) < 4.78 is 27.7. The number of hydrogen-bond acceptors (Lipinski definition) is 6. The number of rotatable bonds is 4. The van der Waals surface area contributed by atoms with Gasteiger partial charge in [0.25, 0.3) is 10.0 Å². The molecular formula is C23H23N5O2S. The van der Waals surface area contributed by atoms with Crippen molar-refractivity contribution in [3.8, 4) is 11.3 Å². The number of aromatic nitrogens is 2. The van der Waals surface area contributed by atoms with Gasteiger partial charge in [-0.1, -0.05) is 30.3 Å². The number of nitrogens with one attached hydrogen (secondary N) is 1. The van der Waals surface area contributed by atoms with Crippen molar-refractivity contribution in [2.75, 3.05) is 34.7 Å². The first-order valence-electron chi connectivity index (χ1n) is 10.2. The maximum atomic E-state index is 13.2. The molecule has 0 amide bonds. The van der Waals surface area contributed by atoms with Crippen LogP contribution in [-0.2, 0) is 16.4 Å². The van der Waals surface area contributed by atoms with Crippen molar-refractivity contribution >= 4 is 33.0 Å². The van der Waals surface area contributed by atoms with Crippen molar-refractivity contribution in [3.63, 3.8) is 0 Å². The highest BCUT2D eigenvalue weighted by molar-refractivity contribution is 7.93. The van der Waals surface area contributed by atoms with Crippen LogP contribution in [0.4, 0.5) is 23.0 Å². The van der Waals surface area contributed by atoms with Crippen LogP contribution in [0.3, 0.4) is 0 Å². The highest BCUT2D eigenvalue weighted by Gasteiger charge is 2.35. The molecule has 0 saturated heterocycles. The Bertz CT molecular complexity index is 1290. The number of benzene rings is 2. The Morgan fingerprint density at radius 3 is 2.87 bits per heavy atom. The van der Waals surface area contributed by atoms with Crippen molar-refractivity contribution in [2.45, 2.75) is 17.7 Å². The molecule has 7 nitrogen and oxygen atoms in total. The highest BCUT2D eigenvalue weighted by Crippen LogP contribution is 2.42. The summed E-state index contributed by atoms with van der Waals surface area (Å²) in [6.45, 7) is 4.91. The summed E-state index contributed by atoms with van der Waals surface area (Å²) in [5, 5.41) is 3.25. The summed E-state index contributed by atoms with van der Waals surface area (Å²) in [6.07, 6.45) is 5.19. The molecule has 8 heteroatoms. The maximum Gasteiger partial charge on any atom is 0.268 e. The molecule has 3 heterocycles. The second-order valence-corrected chi connectivity index (χ2v) is 9.57. The zero-order valence-corrected chi connectivity index (χ0v) is 18.1. The molecule has 31 heavy (non-hydrogen) atoms. The molecule has 0 bridgehead atoms. The lowest BCUT2D eigenvalue weighted by atomic mass is 10.0. The molecule has 1 N–H and O–H groups in total. The molecular weight excluding hydrogens is 410 g/mol. The van der Waals surface area contributed by atoms with E-state index < -0.39 is 10.0 Å². The molecule has 2 aliphatic rings. The van der Waals surface area contributed by atoms with E-state index in [1.165, 1.54) is 21.8 Å². The molecule has 2 aromatic carbocycles. The maximum absolute atomic E-state index is 13.2. The molecule has 1 aromatic heterocycles. The summed E-state index contributed by atoms with van der Waals surface area (Å²) in [4.78, 5) is 11.3. The number of aryl methyl sites for hydroxylation is 1. The molecule has 0 unspecified atom stereocenters. The topological polar surface area (TPSA) is 78.4 Å². The summed E-state index contributed by atoms with van der Waals surface area (Å²) >= 11 is 0. The third-order valence-electron chi connectivity index (χ3n) is 5.74. The Labute approximate surface area is 182 Å². The first-order valence-corrected chi connectivity index (χ1v) is 11.6. The summed E-state index contributed by atoms with van der Waals surface area (Å²) in [5.41, 5.74) is 5.14. The van der Waals surface area contributed by atoms with Gasteiger partial charge in [-0.3, -0.25) is 4.31 Å². The molecule has 0 atom stereocenters. The van der Waals surface area contributed by atoms with Crippen molar-refractivity contribution in [2.24, 2.45) is 0 Å². The van der Waals surface area contributed by atoms with E-state index in [-0.39, 0.29) is 11.4 Å². The number of nitrogens with zero attached hydrogens (tertiary/aromatic N) is 4. The van der Waals surface area contributed by atoms with Gasteiger partial charge < -0.3 is 10.2 Å². The Morgan fingerprint density at radius 1 is 1.19 bits per heavy atom. The van der Waals surface area contributed by atoms with Crippen molar-refractivity contribution in [1.29, 1.82) is 0 Å². The standard InChI is InChI=1S/C23H23N5O2S/c1-3-12-28-19-9-5-4-8-18(19)22-21(31(28,29)30)15-24-23(26-22)25-17-11-10-16-7-6-13-27(2)20(16)14-17/h3-5,8-11,14-15H,1,6-7,12-13H2,2H3,(H,24,25,26). The fourth-order valence-corrected chi connectivity index (χ4v) is 5.77.